The van der Waals surface area contributed by atoms with E-state index < -0.39 is 0 Å². The van der Waals surface area contributed by atoms with Gasteiger partial charge in [0.2, 0.25) is 4.91 Å². The van der Waals surface area contributed by atoms with Gasteiger partial charge in [0.25, 0.3) is 0 Å². The van der Waals surface area contributed by atoms with Gasteiger partial charge in [0, 0.05) is 21.4 Å². The molecule has 0 spiro atoms. The highest BCUT2D eigenvalue weighted by atomic mass is 32.2. The molecule has 0 amide bonds. The van der Waals surface area contributed by atoms with Crippen LogP contribution in [0.1, 0.15) is 32.2 Å². The van der Waals surface area contributed by atoms with Gasteiger partial charge in [-0.1, -0.05) is 50.7 Å². The van der Waals surface area contributed by atoms with Crippen LogP contribution in [0.3, 0.4) is 0 Å². The van der Waals surface area contributed by atoms with Gasteiger partial charge >= 0.3 is 0 Å². The highest BCUT2D eigenvalue weighted by molar-refractivity contribution is 7.99. The first-order chi connectivity index (χ1) is 12.0. The average Bonchev–Trinajstić information content (AvgIpc) is 3.00. The zero-order valence-electron chi connectivity index (χ0n) is 14.8. The summed E-state index contributed by atoms with van der Waals surface area (Å²) < 4.78 is 2.07. The molecule has 0 bridgehead atoms. The Kier molecular flexibility index (Phi) is 4.97. The lowest BCUT2D eigenvalue weighted by molar-refractivity contribution is 0.538. The maximum absolute atomic E-state index is 4.35. The normalized spacial score (nSPS) is 11.4. The topological polar surface area (TPSA) is 69.0 Å². The van der Waals surface area contributed by atoms with Crippen LogP contribution in [0.2, 0.25) is 0 Å². The zero-order chi connectivity index (χ0) is 17.9. The van der Waals surface area contributed by atoms with Crippen molar-refractivity contribution in [2.75, 3.05) is 7.05 Å². The van der Waals surface area contributed by atoms with Crippen LogP contribution in [0.4, 0.5) is 0 Å². The van der Waals surface area contributed by atoms with Crippen molar-refractivity contribution in [3.8, 4) is 0 Å². The summed E-state index contributed by atoms with van der Waals surface area (Å²) in [6.45, 7) is 6.94. The molecule has 0 aliphatic rings. The van der Waals surface area contributed by atoms with E-state index in [2.05, 4.69) is 74.9 Å². The van der Waals surface area contributed by atoms with Gasteiger partial charge in [-0.25, -0.2) is 0 Å². The molecule has 2 aromatic heterocycles. The van der Waals surface area contributed by atoms with Gasteiger partial charge in [0.05, 0.1) is 0 Å². The summed E-state index contributed by atoms with van der Waals surface area (Å²) in [7, 11) is 1.62. The zero-order valence-corrected chi connectivity index (χ0v) is 15.7. The first-order valence-corrected chi connectivity index (χ1v) is 8.87. The van der Waals surface area contributed by atoms with Crippen molar-refractivity contribution in [2.24, 2.45) is 10.2 Å². The SMILES string of the molecule is CN=[N+]=NCc1ccccc1Sc1ccc2nnc(C(C)(C)C)n2c1. The Morgan fingerprint density at radius 1 is 1.12 bits per heavy atom. The average molecular weight is 353 g/mol. The van der Waals surface area contributed by atoms with Crippen LogP contribution in [0.15, 0.2) is 62.6 Å². The molecule has 0 aliphatic heterocycles. The summed E-state index contributed by atoms with van der Waals surface area (Å²) in [5.41, 5.74) is 1.92. The van der Waals surface area contributed by atoms with Crippen molar-refractivity contribution in [1.82, 2.24) is 19.5 Å². The van der Waals surface area contributed by atoms with E-state index in [0.29, 0.717) is 6.54 Å². The lowest BCUT2D eigenvalue weighted by Gasteiger charge is -2.16. The molecule has 0 radical (unpaired) electrons. The third kappa shape index (κ3) is 3.95. The van der Waals surface area contributed by atoms with Crippen molar-refractivity contribution in [3.05, 3.63) is 54.0 Å². The monoisotopic (exact) mass is 353 g/mol. The van der Waals surface area contributed by atoms with Crippen molar-refractivity contribution < 1.29 is 0 Å². The molecule has 0 saturated carbocycles. The molecule has 25 heavy (non-hydrogen) atoms. The van der Waals surface area contributed by atoms with E-state index in [0.717, 1.165) is 26.8 Å². The number of aromatic nitrogens is 3. The van der Waals surface area contributed by atoms with E-state index >= 15 is 0 Å². The van der Waals surface area contributed by atoms with Crippen molar-refractivity contribution >= 4 is 17.4 Å². The minimum Gasteiger partial charge on any atom is -0.285 e. The number of fused-ring (bicyclic) bond motifs is 1. The molecule has 6 nitrogen and oxygen atoms in total. The van der Waals surface area contributed by atoms with Crippen LogP contribution < -0.4 is 4.91 Å². The molecule has 0 aliphatic carbocycles. The van der Waals surface area contributed by atoms with E-state index in [-0.39, 0.29) is 5.41 Å². The van der Waals surface area contributed by atoms with E-state index in [9.17, 15) is 0 Å². The lowest BCUT2D eigenvalue weighted by atomic mass is 9.96. The molecule has 0 atom stereocenters. The Bertz CT molecular complexity index is 948. The lowest BCUT2D eigenvalue weighted by Crippen LogP contribution is -2.15. The summed E-state index contributed by atoms with van der Waals surface area (Å²) in [6, 6.07) is 12.3. The van der Waals surface area contributed by atoms with Crippen molar-refractivity contribution in [1.29, 1.82) is 0 Å². The quantitative estimate of drug-likeness (QED) is 0.519. The van der Waals surface area contributed by atoms with Crippen molar-refractivity contribution in [2.45, 2.75) is 42.5 Å². The first kappa shape index (κ1) is 17.3. The second-order valence-corrected chi connectivity index (χ2v) is 7.78. The van der Waals surface area contributed by atoms with Gasteiger partial charge in [0.15, 0.2) is 5.65 Å². The minimum absolute atomic E-state index is 0.0648. The van der Waals surface area contributed by atoms with Gasteiger partial charge in [-0.2, -0.15) is 0 Å². The first-order valence-electron chi connectivity index (χ1n) is 8.05. The molecular formula is C18H21N6S+. The van der Waals surface area contributed by atoms with Crippen molar-refractivity contribution in [3.63, 3.8) is 0 Å². The predicted molar refractivity (Wildman–Crippen MR) is 98.9 cm³/mol. The van der Waals surface area contributed by atoms with Crippen LogP contribution in [0, 0.1) is 0 Å². The molecule has 0 unspecified atom stereocenters. The predicted octanol–water partition coefficient (Wildman–Crippen LogP) is 4.28. The molecule has 7 heteroatoms. The number of benzene rings is 1. The minimum atomic E-state index is -0.0648. The molecule has 0 fully saturated rings. The fraction of sp³-hybridized carbons (Fsp3) is 0.333. The summed E-state index contributed by atoms with van der Waals surface area (Å²) >= 11 is 1.70. The fourth-order valence-corrected chi connectivity index (χ4v) is 3.43. The summed E-state index contributed by atoms with van der Waals surface area (Å²) in [5, 5.41) is 16.3. The van der Waals surface area contributed by atoms with Crippen LogP contribution in [0.25, 0.3) is 5.65 Å². The van der Waals surface area contributed by atoms with Gasteiger partial charge < -0.3 is 0 Å². The highest BCUT2D eigenvalue weighted by Gasteiger charge is 2.21. The van der Waals surface area contributed by atoms with E-state index in [4.69, 9.17) is 0 Å². The smallest absolute Gasteiger partial charge is 0.217 e. The Hall–Kier alpha value is -2.50. The number of pyridine rings is 1. The van der Waals surface area contributed by atoms with E-state index in [1.165, 1.54) is 0 Å². The molecule has 0 saturated heterocycles. The molecule has 3 rings (SSSR count). The largest absolute Gasteiger partial charge is 0.285 e. The van der Waals surface area contributed by atoms with Crippen LogP contribution in [-0.4, -0.2) is 21.6 Å². The standard InChI is InChI=1S/C18H21N6S/c1-18(2,3)17-22-21-16-10-9-14(12-24(16)17)25-15-8-6-5-7-13(15)11-20-23-19-4/h5-10,12H,11H2,1-4H3/q+1. The Labute approximate surface area is 151 Å². The maximum atomic E-state index is 4.35. The Morgan fingerprint density at radius 2 is 1.92 bits per heavy atom. The fourth-order valence-electron chi connectivity index (χ4n) is 2.48. The molecule has 3 aromatic rings. The number of hydrogen-bond acceptors (Lipinski definition) is 5. The van der Waals surface area contributed by atoms with Crippen LogP contribution >= 0.6 is 11.8 Å². The summed E-state index contributed by atoms with van der Waals surface area (Å²) in [5.74, 6) is 0.955. The van der Waals surface area contributed by atoms with Gasteiger partial charge in [-0.3, -0.25) is 4.40 Å². The van der Waals surface area contributed by atoms with Gasteiger partial charge in [-0.15, -0.1) is 10.2 Å². The molecule has 128 valence electrons. The second-order valence-electron chi connectivity index (χ2n) is 6.67. The number of nitrogens with zero attached hydrogens (tertiary/aromatic N) is 6. The number of hydrogen-bond donors (Lipinski definition) is 0. The van der Waals surface area contributed by atoms with Crippen LogP contribution in [-0.2, 0) is 12.0 Å². The maximum Gasteiger partial charge on any atom is 0.217 e. The number of rotatable bonds is 4. The van der Waals surface area contributed by atoms with E-state index in [1.807, 2.05) is 18.2 Å². The third-order valence-electron chi connectivity index (χ3n) is 3.64. The third-order valence-corrected chi connectivity index (χ3v) is 4.74. The molecule has 0 N–H and O–H groups in total. The molecular weight excluding hydrogens is 332 g/mol. The van der Waals surface area contributed by atoms with Crippen LogP contribution in [0.5, 0.6) is 0 Å². The Morgan fingerprint density at radius 3 is 2.68 bits per heavy atom. The Balaban J connectivity index is 1.95. The van der Waals surface area contributed by atoms with Gasteiger partial charge in [-0.05, 0) is 23.8 Å². The summed E-state index contributed by atoms with van der Waals surface area (Å²) in [4.78, 5) is 5.99. The molecule has 1 aromatic carbocycles. The van der Waals surface area contributed by atoms with E-state index in [1.54, 1.807) is 18.8 Å². The molecule has 2 heterocycles. The highest BCUT2D eigenvalue weighted by Crippen LogP contribution is 2.32. The summed E-state index contributed by atoms with van der Waals surface area (Å²) in [6.07, 6.45) is 2.10. The second kappa shape index (κ2) is 7.17. The van der Waals surface area contributed by atoms with Gasteiger partial charge in [0.1, 0.15) is 29.6 Å².